The first-order chi connectivity index (χ1) is 15.0. The largest absolute Gasteiger partial charge is 0.494 e. The average Bonchev–Trinajstić information content (AvgIpc) is 2.77. The van der Waals surface area contributed by atoms with E-state index in [1.54, 1.807) is 12.1 Å². The van der Waals surface area contributed by atoms with E-state index < -0.39 is 0 Å². The number of likely N-dealkylation sites (tertiary alicyclic amines) is 2. The van der Waals surface area contributed by atoms with Gasteiger partial charge in [-0.2, -0.15) is 0 Å². The summed E-state index contributed by atoms with van der Waals surface area (Å²) in [5.74, 6) is 1.95. The predicted octanol–water partition coefficient (Wildman–Crippen LogP) is 4.11. The van der Waals surface area contributed by atoms with E-state index in [0.29, 0.717) is 30.8 Å². The molecule has 1 amide bonds. The molecule has 1 aromatic rings. The second-order valence-corrected chi connectivity index (χ2v) is 9.81. The number of carbonyl (C=O) groups is 1. The summed E-state index contributed by atoms with van der Waals surface area (Å²) in [4.78, 5) is 17.2. The zero-order chi connectivity index (χ0) is 21.7. The van der Waals surface area contributed by atoms with Crippen LogP contribution < -0.4 is 4.74 Å². The van der Waals surface area contributed by atoms with Crippen LogP contribution in [0, 0.1) is 17.7 Å². The number of halogens is 1. The van der Waals surface area contributed by atoms with Crippen molar-refractivity contribution in [2.45, 2.75) is 57.0 Å². The highest BCUT2D eigenvalue weighted by Gasteiger charge is 2.41. The molecule has 0 bridgehead atoms. The third kappa shape index (κ3) is 6.19. The van der Waals surface area contributed by atoms with E-state index in [-0.39, 0.29) is 11.4 Å². The summed E-state index contributed by atoms with van der Waals surface area (Å²) < 4.78 is 25.1. The lowest BCUT2D eigenvalue weighted by molar-refractivity contribution is -0.148. The summed E-state index contributed by atoms with van der Waals surface area (Å²) in [5, 5.41) is 0. The molecule has 1 spiro atoms. The first-order valence-electron chi connectivity index (χ1n) is 12.0. The Kier molecular flexibility index (Phi) is 7.49. The molecule has 0 aliphatic carbocycles. The highest BCUT2D eigenvalue weighted by molar-refractivity contribution is 5.76. The lowest BCUT2D eigenvalue weighted by Gasteiger charge is -2.46. The molecule has 0 aromatic heterocycles. The molecule has 6 heteroatoms. The Morgan fingerprint density at radius 2 is 1.81 bits per heavy atom. The van der Waals surface area contributed by atoms with E-state index in [0.717, 1.165) is 83.5 Å². The number of piperidine rings is 2. The lowest BCUT2D eigenvalue weighted by Crippen LogP contribution is -2.51. The standard InChI is InChI=1S/C25H37FN2O3/c1-27-12-6-20(7-13-27)18-24(29)28-14-10-25(11-15-28)19-21(9-17-31-25)8-16-30-23-4-2-22(26)3-5-23/h2-5,20-21H,6-19H2,1H3. The quantitative estimate of drug-likeness (QED) is 0.678. The third-order valence-corrected chi connectivity index (χ3v) is 7.53. The Morgan fingerprint density at radius 1 is 1.10 bits per heavy atom. The summed E-state index contributed by atoms with van der Waals surface area (Å²) in [7, 11) is 2.16. The molecular weight excluding hydrogens is 395 g/mol. The van der Waals surface area contributed by atoms with Gasteiger partial charge in [-0.15, -0.1) is 0 Å². The zero-order valence-electron chi connectivity index (χ0n) is 18.9. The van der Waals surface area contributed by atoms with Crippen LogP contribution in [-0.4, -0.2) is 67.7 Å². The molecule has 3 aliphatic heterocycles. The normalized spacial score (nSPS) is 25.0. The van der Waals surface area contributed by atoms with E-state index in [1.165, 1.54) is 12.1 Å². The van der Waals surface area contributed by atoms with E-state index in [9.17, 15) is 9.18 Å². The summed E-state index contributed by atoms with van der Waals surface area (Å²) in [6, 6.07) is 6.22. The summed E-state index contributed by atoms with van der Waals surface area (Å²) in [5.41, 5.74) is -0.0663. The van der Waals surface area contributed by atoms with Crippen molar-refractivity contribution in [1.82, 2.24) is 9.80 Å². The Balaban J connectivity index is 1.19. The van der Waals surface area contributed by atoms with Crippen LogP contribution in [0.25, 0.3) is 0 Å². The maximum atomic E-state index is 13.0. The van der Waals surface area contributed by atoms with Gasteiger partial charge in [-0.1, -0.05) is 0 Å². The number of nitrogens with zero attached hydrogens (tertiary/aromatic N) is 2. The van der Waals surface area contributed by atoms with Crippen molar-refractivity contribution < 1.29 is 18.7 Å². The zero-order valence-corrected chi connectivity index (χ0v) is 18.9. The Bertz CT molecular complexity index is 710. The van der Waals surface area contributed by atoms with Gasteiger partial charge in [-0.05, 0) is 101 Å². The smallest absolute Gasteiger partial charge is 0.222 e. The topological polar surface area (TPSA) is 42.0 Å². The fourth-order valence-corrected chi connectivity index (χ4v) is 5.40. The lowest BCUT2D eigenvalue weighted by atomic mass is 9.78. The number of hydrogen-bond acceptors (Lipinski definition) is 4. The summed E-state index contributed by atoms with van der Waals surface area (Å²) >= 11 is 0. The number of ether oxygens (including phenoxy) is 2. The second kappa shape index (κ2) is 10.3. The first kappa shape index (κ1) is 22.5. The molecule has 172 valence electrons. The van der Waals surface area contributed by atoms with Gasteiger partial charge in [0.15, 0.2) is 0 Å². The Labute approximate surface area is 185 Å². The van der Waals surface area contributed by atoms with Gasteiger partial charge in [0.1, 0.15) is 11.6 Å². The minimum absolute atomic E-state index is 0.0663. The van der Waals surface area contributed by atoms with Crippen LogP contribution in [0.15, 0.2) is 24.3 Å². The van der Waals surface area contributed by atoms with Gasteiger partial charge < -0.3 is 19.3 Å². The first-order valence-corrected chi connectivity index (χ1v) is 12.0. The van der Waals surface area contributed by atoms with Crippen LogP contribution >= 0.6 is 0 Å². The van der Waals surface area contributed by atoms with Crippen LogP contribution in [0.2, 0.25) is 0 Å². The molecule has 0 saturated carbocycles. The molecular formula is C25H37FN2O3. The highest BCUT2D eigenvalue weighted by atomic mass is 19.1. The fourth-order valence-electron chi connectivity index (χ4n) is 5.40. The highest BCUT2D eigenvalue weighted by Crippen LogP contribution is 2.39. The van der Waals surface area contributed by atoms with Gasteiger partial charge in [0, 0.05) is 26.1 Å². The number of carbonyl (C=O) groups excluding carboxylic acids is 1. The van der Waals surface area contributed by atoms with Crippen molar-refractivity contribution >= 4 is 5.91 Å². The molecule has 1 aromatic carbocycles. The maximum absolute atomic E-state index is 13.0. The molecule has 3 fully saturated rings. The van der Waals surface area contributed by atoms with Gasteiger partial charge >= 0.3 is 0 Å². The van der Waals surface area contributed by atoms with Crippen molar-refractivity contribution in [2.24, 2.45) is 11.8 Å². The fraction of sp³-hybridized carbons (Fsp3) is 0.720. The third-order valence-electron chi connectivity index (χ3n) is 7.53. The van der Waals surface area contributed by atoms with Crippen molar-refractivity contribution in [1.29, 1.82) is 0 Å². The molecule has 1 unspecified atom stereocenters. The minimum atomic E-state index is -0.241. The van der Waals surface area contributed by atoms with Crippen molar-refractivity contribution in [3.63, 3.8) is 0 Å². The van der Waals surface area contributed by atoms with Crippen molar-refractivity contribution in [3.8, 4) is 5.75 Å². The Hall–Kier alpha value is -1.66. The van der Waals surface area contributed by atoms with Gasteiger partial charge in [-0.3, -0.25) is 4.79 Å². The van der Waals surface area contributed by atoms with Gasteiger partial charge in [0.2, 0.25) is 5.91 Å². The maximum Gasteiger partial charge on any atom is 0.222 e. The van der Waals surface area contributed by atoms with Crippen LogP contribution in [-0.2, 0) is 9.53 Å². The molecule has 5 nitrogen and oxygen atoms in total. The van der Waals surface area contributed by atoms with Crippen LogP contribution in [0.1, 0.15) is 51.4 Å². The van der Waals surface area contributed by atoms with Crippen LogP contribution in [0.3, 0.4) is 0 Å². The number of rotatable bonds is 6. The van der Waals surface area contributed by atoms with E-state index in [4.69, 9.17) is 9.47 Å². The number of hydrogen-bond donors (Lipinski definition) is 0. The summed E-state index contributed by atoms with van der Waals surface area (Å²) in [6.45, 7) is 5.31. The second-order valence-electron chi connectivity index (χ2n) is 9.81. The predicted molar refractivity (Wildman–Crippen MR) is 119 cm³/mol. The van der Waals surface area contributed by atoms with Crippen molar-refractivity contribution in [3.05, 3.63) is 30.1 Å². The molecule has 3 saturated heterocycles. The van der Waals surface area contributed by atoms with Crippen molar-refractivity contribution in [2.75, 3.05) is 46.4 Å². The Morgan fingerprint density at radius 3 is 2.52 bits per heavy atom. The van der Waals surface area contributed by atoms with Gasteiger partial charge in [-0.25, -0.2) is 4.39 Å². The molecule has 0 radical (unpaired) electrons. The monoisotopic (exact) mass is 432 g/mol. The molecule has 3 heterocycles. The summed E-state index contributed by atoms with van der Waals surface area (Å²) in [6.07, 6.45) is 7.99. The number of amides is 1. The van der Waals surface area contributed by atoms with Gasteiger partial charge in [0.25, 0.3) is 0 Å². The molecule has 1 atom stereocenters. The molecule has 4 rings (SSSR count). The molecule has 0 N–H and O–H groups in total. The van der Waals surface area contributed by atoms with Gasteiger partial charge in [0.05, 0.1) is 12.2 Å². The van der Waals surface area contributed by atoms with E-state index in [2.05, 4.69) is 16.8 Å². The van der Waals surface area contributed by atoms with E-state index >= 15 is 0 Å². The average molecular weight is 433 g/mol. The SMILES string of the molecule is CN1CCC(CC(=O)N2CCC3(CC2)CC(CCOc2ccc(F)cc2)CCO3)CC1. The molecule has 31 heavy (non-hydrogen) atoms. The van der Waals surface area contributed by atoms with Crippen LogP contribution in [0.5, 0.6) is 5.75 Å². The van der Waals surface area contributed by atoms with Crippen LogP contribution in [0.4, 0.5) is 4.39 Å². The number of benzene rings is 1. The minimum Gasteiger partial charge on any atom is -0.494 e. The molecule has 3 aliphatic rings. The van der Waals surface area contributed by atoms with E-state index in [1.807, 2.05) is 0 Å².